The number of halogens is 1. The van der Waals surface area contributed by atoms with E-state index in [1.165, 1.54) is 58.2 Å². The van der Waals surface area contributed by atoms with E-state index >= 15 is 4.39 Å². The van der Waals surface area contributed by atoms with E-state index in [0.717, 1.165) is 38.4 Å². The zero-order valence-corrected chi connectivity index (χ0v) is 17.9. The van der Waals surface area contributed by atoms with Crippen LogP contribution in [-0.2, 0) is 0 Å². The van der Waals surface area contributed by atoms with Crippen molar-refractivity contribution in [3.8, 4) is 0 Å². The zero-order chi connectivity index (χ0) is 18.9. The number of alkyl halides is 1. The first kappa shape index (κ1) is 18.8. The van der Waals surface area contributed by atoms with Gasteiger partial charge in [0.2, 0.25) is 0 Å². The Morgan fingerprint density at radius 3 is 2.15 bits per heavy atom. The van der Waals surface area contributed by atoms with Crippen LogP contribution in [0, 0.1) is 16.7 Å². The second kappa shape index (κ2) is 6.40. The van der Waals surface area contributed by atoms with Gasteiger partial charge in [0.25, 0.3) is 0 Å². The Bertz CT molecular complexity index is 544. The minimum absolute atomic E-state index is 0.350. The van der Waals surface area contributed by atoms with Crippen LogP contribution >= 0.6 is 0 Å². The molecule has 0 aromatic rings. The van der Waals surface area contributed by atoms with Crippen molar-refractivity contribution in [2.24, 2.45) is 16.7 Å². The summed E-state index contributed by atoms with van der Waals surface area (Å²) < 4.78 is 15.5. The van der Waals surface area contributed by atoms with Gasteiger partial charge in [0.1, 0.15) is 5.67 Å². The Morgan fingerprint density at radius 1 is 0.963 bits per heavy atom. The Hall–Kier alpha value is -0.190. The molecule has 0 amide bonds. The van der Waals surface area contributed by atoms with Crippen LogP contribution in [0.25, 0.3) is 0 Å². The summed E-state index contributed by atoms with van der Waals surface area (Å²) in [4.78, 5) is 7.69. The van der Waals surface area contributed by atoms with E-state index in [0.29, 0.717) is 22.9 Å². The van der Waals surface area contributed by atoms with Crippen LogP contribution in [0.5, 0.6) is 0 Å². The summed E-state index contributed by atoms with van der Waals surface area (Å²) in [7, 11) is 2.20. The molecule has 1 spiro atoms. The minimum atomic E-state index is -0.885. The quantitative estimate of drug-likeness (QED) is 0.697. The van der Waals surface area contributed by atoms with Crippen molar-refractivity contribution >= 4 is 0 Å². The SMILES string of the molecule is CC(C)CC1(CN2CC3CC(C2)N3CC2(F)CC3(CCN(C)CC3)C2)CC1. The third kappa shape index (κ3) is 3.59. The van der Waals surface area contributed by atoms with E-state index < -0.39 is 5.67 Å². The van der Waals surface area contributed by atoms with E-state index in [4.69, 9.17) is 0 Å². The molecule has 2 saturated carbocycles. The van der Waals surface area contributed by atoms with Gasteiger partial charge < -0.3 is 4.90 Å². The first-order chi connectivity index (χ1) is 12.8. The molecule has 0 radical (unpaired) electrons. The highest BCUT2D eigenvalue weighted by Crippen LogP contribution is 2.58. The number of hydrogen-bond donors (Lipinski definition) is 0. The number of piperazine rings is 1. The molecule has 6 aliphatic rings. The number of rotatable bonds is 6. The fourth-order valence-corrected chi connectivity index (χ4v) is 7.28. The molecule has 4 saturated heterocycles. The molecule has 4 heterocycles. The monoisotopic (exact) mass is 377 g/mol. The highest BCUT2D eigenvalue weighted by Gasteiger charge is 2.59. The standard InChI is InChI=1S/C23H40FN3/c1-18(2)11-21(4-5-21)16-26-12-19-10-20(13-26)27(19)17-23(24)14-22(15-23)6-8-25(3)9-7-22/h18-20H,4-17H2,1-3H3. The van der Waals surface area contributed by atoms with Crippen molar-refractivity contribution in [3.63, 3.8) is 0 Å². The van der Waals surface area contributed by atoms with E-state index in [9.17, 15) is 0 Å². The maximum Gasteiger partial charge on any atom is 0.124 e. The fraction of sp³-hybridized carbons (Fsp3) is 1.00. The smallest absolute Gasteiger partial charge is 0.124 e. The van der Waals surface area contributed by atoms with Gasteiger partial charge in [-0.2, -0.15) is 0 Å². The summed E-state index contributed by atoms with van der Waals surface area (Å²) >= 11 is 0. The van der Waals surface area contributed by atoms with Crippen molar-refractivity contribution in [2.75, 3.05) is 46.3 Å². The molecule has 27 heavy (non-hydrogen) atoms. The second-order valence-electron chi connectivity index (χ2n) is 11.8. The Kier molecular flexibility index (Phi) is 4.46. The molecule has 3 nitrogen and oxygen atoms in total. The molecule has 0 aromatic heterocycles. The van der Waals surface area contributed by atoms with Gasteiger partial charge in [-0.3, -0.25) is 9.80 Å². The number of fused-ring (bicyclic) bond motifs is 2. The van der Waals surface area contributed by atoms with Gasteiger partial charge >= 0.3 is 0 Å². The van der Waals surface area contributed by atoms with Crippen molar-refractivity contribution in [3.05, 3.63) is 0 Å². The van der Waals surface area contributed by atoms with Crippen LogP contribution in [0.2, 0.25) is 0 Å². The predicted molar refractivity (Wildman–Crippen MR) is 109 cm³/mol. The lowest BCUT2D eigenvalue weighted by Gasteiger charge is -2.62. The summed E-state index contributed by atoms with van der Waals surface area (Å²) in [5.41, 5.74) is 0.103. The van der Waals surface area contributed by atoms with Gasteiger partial charge in [0.15, 0.2) is 0 Å². The highest BCUT2D eigenvalue weighted by atomic mass is 19.1. The molecular formula is C23H40FN3. The third-order valence-electron chi connectivity index (χ3n) is 8.67. The second-order valence-corrected chi connectivity index (χ2v) is 11.8. The third-order valence-corrected chi connectivity index (χ3v) is 8.67. The van der Waals surface area contributed by atoms with Crippen LogP contribution < -0.4 is 0 Å². The maximum atomic E-state index is 15.5. The average molecular weight is 378 g/mol. The van der Waals surface area contributed by atoms with Crippen LogP contribution in [-0.4, -0.2) is 78.8 Å². The summed E-state index contributed by atoms with van der Waals surface area (Å²) in [6.07, 6.45) is 9.70. The summed E-state index contributed by atoms with van der Waals surface area (Å²) in [6, 6.07) is 1.28. The lowest BCUT2D eigenvalue weighted by Crippen LogP contribution is -2.72. The van der Waals surface area contributed by atoms with Crippen LogP contribution in [0.15, 0.2) is 0 Å². The van der Waals surface area contributed by atoms with Gasteiger partial charge in [0, 0.05) is 38.3 Å². The summed E-state index contributed by atoms with van der Waals surface area (Å²) in [5.74, 6) is 0.820. The van der Waals surface area contributed by atoms with Crippen molar-refractivity contribution in [1.82, 2.24) is 14.7 Å². The van der Waals surface area contributed by atoms with Crippen LogP contribution in [0.4, 0.5) is 4.39 Å². The summed E-state index contributed by atoms with van der Waals surface area (Å²) in [5, 5.41) is 0. The van der Waals surface area contributed by atoms with Crippen LogP contribution in [0.1, 0.15) is 65.2 Å². The van der Waals surface area contributed by atoms with Crippen molar-refractivity contribution in [2.45, 2.75) is 83.0 Å². The Morgan fingerprint density at radius 2 is 1.59 bits per heavy atom. The molecule has 6 rings (SSSR count). The number of nitrogens with zero attached hydrogens (tertiary/aromatic N) is 3. The molecule has 6 fully saturated rings. The van der Waals surface area contributed by atoms with Gasteiger partial charge in [-0.25, -0.2) is 4.39 Å². The van der Waals surface area contributed by atoms with Gasteiger partial charge in [-0.1, -0.05) is 13.8 Å². The van der Waals surface area contributed by atoms with E-state index in [1.807, 2.05) is 0 Å². The molecule has 0 N–H and O–H groups in total. The van der Waals surface area contributed by atoms with Gasteiger partial charge in [-0.05, 0) is 88.3 Å². The molecule has 4 heteroatoms. The zero-order valence-electron chi connectivity index (χ0n) is 17.9. The van der Waals surface area contributed by atoms with Gasteiger partial charge in [0.05, 0.1) is 0 Å². The average Bonchev–Trinajstić information content (AvgIpc) is 3.32. The number of hydrogen-bond acceptors (Lipinski definition) is 3. The lowest BCUT2D eigenvalue weighted by molar-refractivity contribution is -0.155. The van der Waals surface area contributed by atoms with E-state index in [-0.39, 0.29) is 0 Å². The normalized spacial score (nSPS) is 37.2. The molecule has 0 aromatic carbocycles. The molecular weight excluding hydrogens is 337 g/mol. The topological polar surface area (TPSA) is 9.72 Å². The Balaban J connectivity index is 1.11. The predicted octanol–water partition coefficient (Wildman–Crippen LogP) is 3.79. The molecule has 2 unspecified atom stereocenters. The largest absolute Gasteiger partial charge is 0.306 e. The minimum Gasteiger partial charge on any atom is -0.306 e. The first-order valence-electron chi connectivity index (χ1n) is 11.6. The number of likely N-dealkylation sites (tertiary alicyclic amines) is 1. The summed E-state index contributed by atoms with van der Waals surface area (Å²) in [6.45, 7) is 11.5. The van der Waals surface area contributed by atoms with E-state index in [2.05, 4.69) is 35.6 Å². The first-order valence-corrected chi connectivity index (χ1v) is 11.6. The van der Waals surface area contributed by atoms with E-state index in [1.54, 1.807) is 0 Å². The van der Waals surface area contributed by atoms with Crippen LogP contribution in [0.3, 0.4) is 0 Å². The maximum absolute atomic E-state index is 15.5. The molecule has 4 aliphatic heterocycles. The molecule has 2 aliphatic carbocycles. The lowest BCUT2D eigenvalue weighted by atomic mass is 9.55. The van der Waals surface area contributed by atoms with Crippen molar-refractivity contribution < 1.29 is 4.39 Å². The highest BCUT2D eigenvalue weighted by molar-refractivity contribution is 5.11. The molecule has 2 bridgehead atoms. The van der Waals surface area contributed by atoms with Crippen molar-refractivity contribution in [1.29, 1.82) is 0 Å². The van der Waals surface area contributed by atoms with Gasteiger partial charge in [-0.15, -0.1) is 0 Å². The number of piperidine rings is 2. The molecule has 154 valence electrons. The Labute approximate surface area is 165 Å². The fourth-order valence-electron chi connectivity index (χ4n) is 7.28. The molecule has 2 atom stereocenters.